The van der Waals surface area contributed by atoms with Gasteiger partial charge in [-0.15, -0.1) is 0 Å². The first-order valence-corrected chi connectivity index (χ1v) is 10.3. The maximum Gasteiger partial charge on any atom is 0.160 e. The van der Waals surface area contributed by atoms with Crippen molar-refractivity contribution in [2.75, 3.05) is 0 Å². The van der Waals surface area contributed by atoms with Crippen LogP contribution in [0.5, 0.6) is 0 Å². The summed E-state index contributed by atoms with van der Waals surface area (Å²) in [6.45, 7) is 0. The highest BCUT2D eigenvalue weighted by Crippen LogP contribution is 2.41. The Kier molecular flexibility index (Phi) is 2.62. The van der Waals surface area contributed by atoms with Gasteiger partial charge in [-0.25, -0.2) is 4.98 Å². The molecule has 0 radical (unpaired) electrons. The lowest BCUT2D eigenvalue weighted by Crippen LogP contribution is -1.89. The number of rotatable bonds is 0. The Balaban J connectivity index is 1.75. The van der Waals surface area contributed by atoms with E-state index in [1.54, 1.807) is 0 Å². The van der Waals surface area contributed by atoms with E-state index >= 15 is 0 Å². The molecule has 144 valence electrons. The van der Waals surface area contributed by atoms with Crippen molar-refractivity contribution < 1.29 is 8.83 Å². The number of pyridine rings is 1. The van der Waals surface area contributed by atoms with Crippen LogP contribution in [0.4, 0.5) is 0 Å². The second-order valence-corrected chi connectivity index (χ2v) is 8.03. The molecule has 0 atom stereocenters. The first kappa shape index (κ1) is 15.5. The van der Waals surface area contributed by atoms with Gasteiger partial charge in [-0.3, -0.25) is 4.40 Å². The zero-order valence-electron chi connectivity index (χ0n) is 16.3. The Hall–Kier alpha value is -4.31. The van der Waals surface area contributed by atoms with Crippen LogP contribution in [-0.2, 0) is 0 Å². The second-order valence-electron chi connectivity index (χ2n) is 8.03. The van der Waals surface area contributed by atoms with E-state index in [4.69, 9.17) is 13.8 Å². The maximum absolute atomic E-state index is 6.45. The average Bonchev–Trinajstić information content (AvgIpc) is 3.48. The number of furan rings is 2. The molecule has 4 aromatic carbocycles. The molecule has 4 aromatic heterocycles. The average molecular weight is 398 g/mol. The molecular formula is C27H14N2O2. The fraction of sp³-hybridized carbons (Fsp3) is 0. The number of hydrogen-bond donors (Lipinski definition) is 0. The van der Waals surface area contributed by atoms with Crippen molar-refractivity contribution in [3.8, 4) is 0 Å². The largest absolute Gasteiger partial charge is 0.456 e. The van der Waals surface area contributed by atoms with Gasteiger partial charge in [0.05, 0.1) is 11.0 Å². The van der Waals surface area contributed by atoms with Gasteiger partial charge < -0.3 is 8.83 Å². The van der Waals surface area contributed by atoms with Crippen molar-refractivity contribution in [2.24, 2.45) is 0 Å². The van der Waals surface area contributed by atoms with Crippen LogP contribution < -0.4 is 0 Å². The summed E-state index contributed by atoms with van der Waals surface area (Å²) in [5.41, 5.74) is 7.50. The van der Waals surface area contributed by atoms with Crippen LogP contribution in [0.1, 0.15) is 0 Å². The highest BCUT2D eigenvalue weighted by molar-refractivity contribution is 6.22. The first-order valence-electron chi connectivity index (χ1n) is 10.3. The van der Waals surface area contributed by atoms with Crippen LogP contribution in [0.2, 0.25) is 0 Å². The molecule has 0 saturated carbocycles. The van der Waals surface area contributed by atoms with Gasteiger partial charge in [0.15, 0.2) is 5.58 Å². The fourth-order valence-corrected chi connectivity index (χ4v) is 5.01. The molecule has 0 N–H and O–H groups in total. The Bertz CT molecular complexity index is 2000. The van der Waals surface area contributed by atoms with Crippen LogP contribution in [0.3, 0.4) is 0 Å². The van der Waals surface area contributed by atoms with E-state index < -0.39 is 0 Å². The molecule has 0 aliphatic rings. The summed E-state index contributed by atoms with van der Waals surface area (Å²) in [6, 6.07) is 28.9. The first-order chi connectivity index (χ1) is 15.4. The van der Waals surface area contributed by atoms with Crippen molar-refractivity contribution in [2.45, 2.75) is 0 Å². The normalized spacial score (nSPS) is 12.5. The number of fused-ring (bicyclic) bond motifs is 13. The molecule has 4 heteroatoms. The summed E-state index contributed by atoms with van der Waals surface area (Å²) in [5.74, 6) is 0. The molecule has 0 spiro atoms. The number of aromatic nitrogens is 2. The van der Waals surface area contributed by atoms with Crippen molar-refractivity contribution in [3.63, 3.8) is 0 Å². The monoisotopic (exact) mass is 398 g/mol. The van der Waals surface area contributed by atoms with Crippen molar-refractivity contribution >= 4 is 71.5 Å². The third kappa shape index (κ3) is 1.83. The van der Waals surface area contributed by atoms with Crippen LogP contribution >= 0.6 is 0 Å². The molecule has 4 heterocycles. The van der Waals surface area contributed by atoms with Crippen molar-refractivity contribution in [1.82, 2.24) is 9.38 Å². The lowest BCUT2D eigenvalue weighted by Gasteiger charge is -2.05. The smallest absolute Gasteiger partial charge is 0.160 e. The van der Waals surface area contributed by atoms with E-state index in [-0.39, 0.29) is 0 Å². The summed E-state index contributed by atoms with van der Waals surface area (Å²) in [4.78, 5) is 5.02. The van der Waals surface area contributed by atoms with E-state index in [0.29, 0.717) is 0 Å². The molecule has 8 aromatic rings. The van der Waals surface area contributed by atoms with Gasteiger partial charge in [0.1, 0.15) is 27.9 Å². The van der Waals surface area contributed by atoms with Crippen molar-refractivity contribution in [3.05, 3.63) is 84.9 Å². The zero-order chi connectivity index (χ0) is 20.1. The Morgan fingerprint density at radius 3 is 2.23 bits per heavy atom. The summed E-state index contributed by atoms with van der Waals surface area (Å²) in [5, 5.41) is 5.36. The topological polar surface area (TPSA) is 43.6 Å². The minimum Gasteiger partial charge on any atom is -0.456 e. The molecule has 4 nitrogen and oxygen atoms in total. The Morgan fingerprint density at radius 2 is 1.32 bits per heavy atom. The predicted molar refractivity (Wildman–Crippen MR) is 125 cm³/mol. The molecule has 0 unspecified atom stereocenters. The zero-order valence-corrected chi connectivity index (χ0v) is 16.3. The maximum atomic E-state index is 6.45. The van der Waals surface area contributed by atoms with Gasteiger partial charge >= 0.3 is 0 Å². The summed E-state index contributed by atoms with van der Waals surface area (Å²) in [7, 11) is 0. The van der Waals surface area contributed by atoms with Gasteiger partial charge in [0.25, 0.3) is 0 Å². The van der Waals surface area contributed by atoms with E-state index in [9.17, 15) is 0 Å². The van der Waals surface area contributed by atoms with Gasteiger partial charge in [0.2, 0.25) is 0 Å². The lowest BCUT2D eigenvalue weighted by molar-refractivity contribution is 0.669. The summed E-state index contributed by atoms with van der Waals surface area (Å²) in [6.07, 6.45) is 0. The van der Waals surface area contributed by atoms with Gasteiger partial charge in [0, 0.05) is 26.9 Å². The van der Waals surface area contributed by atoms with Gasteiger partial charge in [-0.1, -0.05) is 42.5 Å². The van der Waals surface area contributed by atoms with Gasteiger partial charge in [-0.05, 0) is 42.5 Å². The third-order valence-electron chi connectivity index (χ3n) is 6.36. The quantitative estimate of drug-likeness (QED) is 0.267. The van der Waals surface area contributed by atoms with E-state index in [0.717, 1.165) is 71.5 Å². The van der Waals surface area contributed by atoms with Crippen molar-refractivity contribution in [1.29, 1.82) is 0 Å². The molecule has 8 rings (SSSR count). The minimum atomic E-state index is 0.859. The molecule has 0 aliphatic carbocycles. The molecule has 0 aliphatic heterocycles. The number of para-hydroxylation sites is 4. The second kappa shape index (κ2) is 5.24. The minimum absolute atomic E-state index is 0.859. The molecule has 0 bridgehead atoms. The molecule has 0 saturated heterocycles. The standard InChI is InChI=1S/C27H14N2O2/c1-5-11-22-15(7-1)17-13-18-19(14-24(17)30-22)27-28-20-9-3-4-10-21(20)29(27)25-16-8-2-6-12-23(16)31-26(18)25/h1-14H. The van der Waals surface area contributed by atoms with Crippen LogP contribution in [0.25, 0.3) is 71.5 Å². The molecule has 31 heavy (non-hydrogen) atoms. The predicted octanol–water partition coefficient (Wildman–Crippen LogP) is 7.44. The van der Waals surface area contributed by atoms with E-state index in [1.807, 2.05) is 36.4 Å². The van der Waals surface area contributed by atoms with Gasteiger partial charge in [-0.2, -0.15) is 0 Å². The highest BCUT2D eigenvalue weighted by atomic mass is 16.3. The Morgan fingerprint density at radius 1 is 0.581 bits per heavy atom. The van der Waals surface area contributed by atoms with E-state index in [2.05, 4.69) is 52.9 Å². The number of imidazole rings is 1. The number of nitrogens with zero attached hydrogens (tertiary/aromatic N) is 2. The number of benzene rings is 4. The highest BCUT2D eigenvalue weighted by Gasteiger charge is 2.20. The Labute approximate surface area is 174 Å². The number of hydrogen-bond acceptors (Lipinski definition) is 3. The van der Waals surface area contributed by atoms with E-state index in [1.165, 1.54) is 0 Å². The summed E-state index contributed by atoms with van der Waals surface area (Å²) >= 11 is 0. The fourth-order valence-electron chi connectivity index (χ4n) is 5.01. The summed E-state index contributed by atoms with van der Waals surface area (Å²) < 4.78 is 14.9. The third-order valence-corrected chi connectivity index (χ3v) is 6.36. The molecule has 0 fully saturated rings. The SMILES string of the molecule is c1ccc2c(c1)nc1c3cc4oc5ccccc5c4cc3c3oc4ccccc4c3n21. The molecular weight excluding hydrogens is 384 g/mol. The van der Waals surface area contributed by atoms with Crippen LogP contribution in [-0.4, -0.2) is 9.38 Å². The van der Waals surface area contributed by atoms with Crippen LogP contribution in [0, 0.1) is 0 Å². The lowest BCUT2D eigenvalue weighted by atomic mass is 10.1. The molecule has 0 amide bonds. The van der Waals surface area contributed by atoms with Crippen LogP contribution in [0.15, 0.2) is 93.8 Å².